The Hall–Kier alpha value is -2.04. The van der Waals surface area contributed by atoms with Crippen molar-refractivity contribution < 1.29 is 19.8 Å². The molecule has 1 unspecified atom stereocenters. The van der Waals surface area contributed by atoms with Crippen LogP contribution >= 0.6 is 0 Å². The van der Waals surface area contributed by atoms with Crippen LogP contribution in [0, 0.1) is 5.92 Å². The Morgan fingerprint density at radius 3 is 2.29 bits per heavy atom. The number of nitrogens with zero attached hydrogens (tertiary/aromatic N) is 1. The highest BCUT2D eigenvalue weighted by Gasteiger charge is 2.16. The molecule has 0 aliphatic heterocycles. The van der Waals surface area contributed by atoms with Gasteiger partial charge in [0.2, 0.25) is 0 Å². The van der Waals surface area contributed by atoms with Gasteiger partial charge in [-0.1, -0.05) is 32.4 Å². The van der Waals surface area contributed by atoms with Crippen molar-refractivity contribution in [2.75, 3.05) is 18.0 Å². The average Bonchev–Trinajstić information content (AvgIpc) is 2.43. The quantitative estimate of drug-likeness (QED) is 0.732. The molecule has 0 spiro atoms. The number of carbonyl (C=O) groups is 2. The van der Waals surface area contributed by atoms with Crippen molar-refractivity contribution in [3.63, 3.8) is 0 Å². The lowest BCUT2D eigenvalue weighted by molar-refractivity contribution is -0.141. The summed E-state index contributed by atoms with van der Waals surface area (Å²) in [6.45, 7) is 5.04. The van der Waals surface area contributed by atoms with Gasteiger partial charge >= 0.3 is 11.9 Å². The average molecular weight is 293 g/mol. The summed E-state index contributed by atoms with van der Waals surface area (Å²) >= 11 is 0. The molecule has 0 aliphatic rings. The van der Waals surface area contributed by atoms with E-state index in [0.29, 0.717) is 6.54 Å². The second-order valence-electron chi connectivity index (χ2n) is 5.28. The van der Waals surface area contributed by atoms with Gasteiger partial charge in [0, 0.05) is 18.8 Å². The monoisotopic (exact) mass is 293 g/mol. The van der Waals surface area contributed by atoms with E-state index >= 15 is 0 Å². The summed E-state index contributed by atoms with van der Waals surface area (Å²) in [5.41, 5.74) is 1.68. The third-order valence-corrected chi connectivity index (χ3v) is 3.35. The highest BCUT2D eigenvalue weighted by atomic mass is 16.4. The summed E-state index contributed by atoms with van der Waals surface area (Å²) in [5.74, 6) is -2.11. The molecule has 0 radical (unpaired) electrons. The summed E-state index contributed by atoms with van der Waals surface area (Å²) < 4.78 is 0. The van der Waals surface area contributed by atoms with E-state index in [-0.39, 0.29) is 6.42 Å². The predicted molar refractivity (Wildman–Crippen MR) is 81.7 cm³/mol. The number of rotatable bonds is 9. The molecule has 0 aromatic heterocycles. The number of carboxylic acids is 2. The van der Waals surface area contributed by atoms with Crippen LogP contribution in [0.2, 0.25) is 0 Å². The van der Waals surface area contributed by atoms with Crippen LogP contribution in [0.25, 0.3) is 0 Å². The number of carboxylic acid groups (broad SMARTS) is 2. The lowest BCUT2D eigenvalue weighted by Gasteiger charge is -2.26. The number of benzene rings is 1. The van der Waals surface area contributed by atoms with Gasteiger partial charge in [-0.3, -0.25) is 9.59 Å². The third-order valence-electron chi connectivity index (χ3n) is 3.35. The molecule has 116 valence electrons. The summed E-state index contributed by atoms with van der Waals surface area (Å²) in [7, 11) is 0. The second kappa shape index (κ2) is 8.29. The first kappa shape index (κ1) is 17.0. The smallest absolute Gasteiger partial charge is 0.308 e. The van der Waals surface area contributed by atoms with Crippen LogP contribution < -0.4 is 4.90 Å². The lowest BCUT2D eigenvalue weighted by atomic mass is 10.1. The van der Waals surface area contributed by atoms with Gasteiger partial charge in [-0.15, -0.1) is 0 Å². The van der Waals surface area contributed by atoms with Crippen molar-refractivity contribution in [1.82, 2.24) is 0 Å². The first-order valence-electron chi connectivity index (χ1n) is 7.22. The Bertz CT molecular complexity index is 470. The summed E-state index contributed by atoms with van der Waals surface area (Å²) in [6.07, 6.45) is 2.03. The fraction of sp³-hybridized carbons (Fsp3) is 0.500. The van der Waals surface area contributed by atoms with Crippen LogP contribution in [0.1, 0.15) is 32.3 Å². The Labute approximate surface area is 125 Å². The molecule has 5 nitrogen and oxygen atoms in total. The zero-order chi connectivity index (χ0) is 15.8. The molecule has 21 heavy (non-hydrogen) atoms. The number of hydrogen-bond donors (Lipinski definition) is 2. The maximum Gasteiger partial charge on any atom is 0.308 e. The van der Waals surface area contributed by atoms with Crippen molar-refractivity contribution in [3.8, 4) is 0 Å². The normalized spacial score (nSPS) is 11.9. The van der Waals surface area contributed by atoms with Crippen LogP contribution in [0.15, 0.2) is 24.3 Å². The molecule has 0 aliphatic carbocycles. The molecule has 0 bridgehead atoms. The second-order valence-corrected chi connectivity index (χ2v) is 5.28. The first-order valence-corrected chi connectivity index (χ1v) is 7.22. The standard InChI is InChI=1S/C16H23NO4/c1-3-4-9-17(11-12(2)16(20)21)14-7-5-13(6-8-14)10-15(18)19/h5-8,12H,3-4,9-11H2,1-2H3,(H,18,19)(H,20,21). The highest BCUT2D eigenvalue weighted by Crippen LogP contribution is 2.18. The maximum atomic E-state index is 11.0. The molecule has 1 atom stereocenters. The molecule has 2 N–H and O–H groups in total. The van der Waals surface area contributed by atoms with E-state index in [1.807, 2.05) is 17.0 Å². The van der Waals surface area contributed by atoms with Gasteiger partial charge in [-0.05, 0) is 24.1 Å². The minimum Gasteiger partial charge on any atom is -0.481 e. The van der Waals surface area contributed by atoms with Crippen LogP contribution in [-0.2, 0) is 16.0 Å². The maximum absolute atomic E-state index is 11.0. The molecule has 1 aromatic rings. The Morgan fingerprint density at radius 1 is 1.19 bits per heavy atom. The van der Waals surface area contributed by atoms with Crippen molar-refractivity contribution in [2.45, 2.75) is 33.1 Å². The minimum absolute atomic E-state index is 0.000763. The lowest BCUT2D eigenvalue weighted by Crippen LogP contribution is -2.32. The van der Waals surface area contributed by atoms with Crippen molar-refractivity contribution >= 4 is 17.6 Å². The van der Waals surface area contributed by atoms with Crippen molar-refractivity contribution in [1.29, 1.82) is 0 Å². The number of anilines is 1. The van der Waals surface area contributed by atoms with Crippen molar-refractivity contribution in [3.05, 3.63) is 29.8 Å². The molecular formula is C16H23NO4. The van der Waals surface area contributed by atoms with E-state index < -0.39 is 17.9 Å². The third kappa shape index (κ3) is 5.85. The van der Waals surface area contributed by atoms with E-state index in [2.05, 4.69) is 6.92 Å². The molecule has 0 fully saturated rings. The fourth-order valence-corrected chi connectivity index (χ4v) is 2.08. The fourth-order valence-electron chi connectivity index (χ4n) is 2.08. The summed E-state index contributed by atoms with van der Waals surface area (Å²) in [4.78, 5) is 23.7. The molecular weight excluding hydrogens is 270 g/mol. The molecule has 0 saturated heterocycles. The van der Waals surface area contributed by atoms with Gasteiger partial charge < -0.3 is 15.1 Å². The van der Waals surface area contributed by atoms with E-state index in [1.165, 1.54) is 0 Å². The largest absolute Gasteiger partial charge is 0.481 e. The Balaban J connectivity index is 2.81. The van der Waals surface area contributed by atoms with E-state index in [0.717, 1.165) is 30.6 Å². The predicted octanol–water partition coefficient (Wildman–Crippen LogP) is 2.64. The minimum atomic E-state index is -0.856. The van der Waals surface area contributed by atoms with Crippen LogP contribution in [0.5, 0.6) is 0 Å². The van der Waals surface area contributed by atoms with Crippen LogP contribution in [0.3, 0.4) is 0 Å². The molecule has 0 heterocycles. The van der Waals surface area contributed by atoms with E-state index in [1.54, 1.807) is 19.1 Å². The van der Waals surface area contributed by atoms with Crippen molar-refractivity contribution in [2.24, 2.45) is 5.92 Å². The van der Waals surface area contributed by atoms with Crippen LogP contribution in [0.4, 0.5) is 5.69 Å². The van der Waals surface area contributed by atoms with E-state index in [9.17, 15) is 9.59 Å². The summed E-state index contributed by atoms with van der Waals surface area (Å²) in [6, 6.07) is 7.30. The van der Waals surface area contributed by atoms with Gasteiger partial charge in [0.05, 0.1) is 12.3 Å². The zero-order valence-corrected chi connectivity index (χ0v) is 12.6. The molecule has 5 heteroatoms. The van der Waals surface area contributed by atoms with Gasteiger partial charge in [0.25, 0.3) is 0 Å². The van der Waals surface area contributed by atoms with Gasteiger partial charge in [-0.25, -0.2) is 0 Å². The SMILES string of the molecule is CCCCN(CC(C)C(=O)O)c1ccc(CC(=O)O)cc1. The van der Waals surface area contributed by atoms with Gasteiger partial charge in [0.15, 0.2) is 0 Å². The molecule has 0 saturated carbocycles. The number of aliphatic carboxylic acids is 2. The van der Waals surface area contributed by atoms with E-state index in [4.69, 9.17) is 10.2 Å². The number of hydrogen-bond acceptors (Lipinski definition) is 3. The first-order chi connectivity index (χ1) is 9.93. The molecule has 1 rings (SSSR count). The Morgan fingerprint density at radius 2 is 1.81 bits per heavy atom. The van der Waals surface area contributed by atoms with Crippen LogP contribution in [-0.4, -0.2) is 35.2 Å². The Kier molecular flexibility index (Phi) is 6.72. The molecule has 0 amide bonds. The number of unbranched alkanes of at least 4 members (excludes halogenated alkanes) is 1. The zero-order valence-electron chi connectivity index (χ0n) is 12.6. The molecule has 1 aromatic carbocycles. The van der Waals surface area contributed by atoms with Gasteiger partial charge in [0.1, 0.15) is 0 Å². The highest BCUT2D eigenvalue weighted by molar-refractivity contribution is 5.71. The van der Waals surface area contributed by atoms with Gasteiger partial charge in [-0.2, -0.15) is 0 Å². The topological polar surface area (TPSA) is 77.8 Å². The summed E-state index contributed by atoms with van der Waals surface area (Å²) in [5, 5.41) is 17.8.